The van der Waals surface area contributed by atoms with Gasteiger partial charge in [-0.1, -0.05) is 92.0 Å². The van der Waals surface area contributed by atoms with Crippen molar-refractivity contribution in [3.8, 4) is 0 Å². The molecule has 0 aromatic heterocycles. The van der Waals surface area contributed by atoms with Crippen molar-refractivity contribution in [1.29, 1.82) is 0 Å². The van der Waals surface area contributed by atoms with Gasteiger partial charge in [0, 0.05) is 51.2 Å². The second-order valence-electron chi connectivity index (χ2n) is 18.2. The number of allylic oxidation sites excluding steroid dienone is 12. The smallest absolute Gasteiger partial charge is 0.308 e. The summed E-state index contributed by atoms with van der Waals surface area (Å²) < 4.78 is 28.5. The predicted octanol–water partition coefficient (Wildman–Crippen LogP) is 0.144. The Morgan fingerprint density at radius 3 is 1.97 bits per heavy atom. The summed E-state index contributed by atoms with van der Waals surface area (Å²) in [7, 11) is 1.46. The molecule has 0 aliphatic carbocycles. The number of fused-ring (bicyclic) bond motifs is 2. The highest BCUT2D eigenvalue weighted by Crippen LogP contribution is 2.38. The average Bonchev–Trinajstić information content (AvgIpc) is 3.24. The Morgan fingerprint density at radius 2 is 1.35 bits per heavy atom. The Labute approximate surface area is 399 Å². The maximum absolute atomic E-state index is 13.8. The first-order valence-electron chi connectivity index (χ1n) is 23.4. The van der Waals surface area contributed by atoms with E-state index in [9.17, 15) is 60.7 Å². The summed E-state index contributed by atoms with van der Waals surface area (Å²) in [6.45, 7) is 5.05. The SMILES string of the molecule is COC[C@H](C)NC(=O)[C@H]1[C@@H]2CC(O[C@@H]3OC[C@@H](O)[C@H](N)[C@@H]3O)/C=C/C=C/C=C/C=C/C=C/C=C/C=C/[C@H](C)[C@@H](O)C[C@H](C)OC(=O)CC(O)CC(O)CCC(O)C(O)CC(O)CC(O)(C[C@@H]1O)O2. The van der Waals surface area contributed by atoms with E-state index in [4.69, 9.17) is 29.4 Å². The van der Waals surface area contributed by atoms with Gasteiger partial charge < -0.3 is 85.8 Å². The van der Waals surface area contributed by atoms with E-state index < -0.39 is 141 Å². The van der Waals surface area contributed by atoms with E-state index in [1.54, 1.807) is 68.5 Å². The lowest BCUT2D eigenvalue weighted by atomic mass is 9.82. The molecule has 3 aliphatic heterocycles. The van der Waals surface area contributed by atoms with Crippen molar-refractivity contribution < 1.29 is 84.3 Å². The number of methoxy groups -OCH3 is 1. The third kappa shape index (κ3) is 21.3. The number of esters is 1. The maximum atomic E-state index is 13.8. The fraction of sp³-hybridized carbons (Fsp3) is 0.673. The van der Waals surface area contributed by atoms with Crippen LogP contribution >= 0.6 is 0 Å². The number of aliphatic hydroxyl groups excluding tert-OH is 9. The Hall–Kier alpha value is -3.48. The van der Waals surface area contributed by atoms with Crippen molar-refractivity contribution in [3.63, 3.8) is 0 Å². The Morgan fingerprint density at radius 1 is 0.750 bits per heavy atom. The molecule has 18 atom stereocenters. The number of rotatable bonds is 6. The molecule has 68 heavy (non-hydrogen) atoms. The highest BCUT2D eigenvalue weighted by atomic mass is 16.7. The van der Waals surface area contributed by atoms with E-state index in [1.165, 1.54) is 7.11 Å². The molecule has 2 fully saturated rings. The summed E-state index contributed by atoms with van der Waals surface area (Å²) in [5, 5.41) is 112. The van der Waals surface area contributed by atoms with Crippen LogP contribution in [0.5, 0.6) is 0 Å². The van der Waals surface area contributed by atoms with Gasteiger partial charge in [-0.15, -0.1) is 0 Å². The highest BCUT2D eigenvalue weighted by Gasteiger charge is 2.50. The third-order valence-electron chi connectivity index (χ3n) is 11.9. The molecule has 3 heterocycles. The van der Waals surface area contributed by atoms with Crippen LogP contribution in [0, 0.1) is 11.8 Å². The molecule has 19 heteroatoms. The zero-order valence-electron chi connectivity index (χ0n) is 39.6. The van der Waals surface area contributed by atoms with Gasteiger partial charge in [-0.05, 0) is 33.1 Å². The van der Waals surface area contributed by atoms with Crippen molar-refractivity contribution >= 4 is 11.9 Å². The molecule has 0 saturated carbocycles. The molecule has 7 unspecified atom stereocenters. The minimum atomic E-state index is -2.27. The van der Waals surface area contributed by atoms with Gasteiger partial charge in [-0.3, -0.25) is 9.59 Å². The quantitative estimate of drug-likeness (QED) is 0.158. The number of aliphatic hydroxyl groups is 10. The van der Waals surface area contributed by atoms with Gasteiger partial charge >= 0.3 is 5.97 Å². The van der Waals surface area contributed by atoms with E-state index >= 15 is 0 Å². The molecule has 0 radical (unpaired) electrons. The lowest BCUT2D eigenvalue weighted by molar-refractivity contribution is -0.304. The first kappa shape index (κ1) is 58.8. The summed E-state index contributed by atoms with van der Waals surface area (Å²) in [5.41, 5.74) is 6.01. The van der Waals surface area contributed by atoms with Crippen LogP contribution in [0.25, 0.3) is 0 Å². The van der Waals surface area contributed by atoms with Crippen LogP contribution in [0.4, 0.5) is 0 Å². The zero-order chi connectivity index (χ0) is 50.4. The third-order valence-corrected chi connectivity index (χ3v) is 11.9. The van der Waals surface area contributed by atoms with Crippen molar-refractivity contribution in [3.05, 3.63) is 85.1 Å². The number of cyclic esters (lactones) is 1. The van der Waals surface area contributed by atoms with Crippen LogP contribution in [0.3, 0.4) is 0 Å². The minimum absolute atomic E-state index is 0.0933. The van der Waals surface area contributed by atoms with E-state index in [-0.39, 0.29) is 51.2 Å². The molecule has 0 aromatic carbocycles. The van der Waals surface area contributed by atoms with Crippen LogP contribution in [0.2, 0.25) is 0 Å². The highest BCUT2D eigenvalue weighted by molar-refractivity contribution is 5.80. The molecule has 3 rings (SSSR count). The van der Waals surface area contributed by atoms with Gasteiger partial charge in [0.15, 0.2) is 12.1 Å². The van der Waals surface area contributed by atoms with Crippen LogP contribution < -0.4 is 11.1 Å². The summed E-state index contributed by atoms with van der Waals surface area (Å²) in [5.74, 6) is -5.18. The molecular formula is C49H78N2O17. The van der Waals surface area contributed by atoms with Crippen molar-refractivity contribution in [2.45, 2.75) is 176 Å². The van der Waals surface area contributed by atoms with Crippen LogP contribution in [0.15, 0.2) is 85.1 Å². The topological polar surface area (TPSA) is 321 Å². The predicted molar refractivity (Wildman–Crippen MR) is 250 cm³/mol. The maximum Gasteiger partial charge on any atom is 0.308 e. The van der Waals surface area contributed by atoms with Crippen molar-refractivity contribution in [2.24, 2.45) is 17.6 Å². The van der Waals surface area contributed by atoms with E-state index in [0.717, 1.165) is 0 Å². The van der Waals surface area contributed by atoms with Crippen LogP contribution in [0.1, 0.15) is 78.6 Å². The van der Waals surface area contributed by atoms with Gasteiger partial charge in [-0.2, -0.15) is 0 Å². The first-order chi connectivity index (χ1) is 32.2. The van der Waals surface area contributed by atoms with E-state index in [0.29, 0.717) is 0 Å². The zero-order valence-corrected chi connectivity index (χ0v) is 39.6. The molecular weight excluding hydrogens is 889 g/mol. The monoisotopic (exact) mass is 967 g/mol. The summed E-state index contributed by atoms with van der Waals surface area (Å²) >= 11 is 0. The molecule has 3 aliphatic rings. The number of carbonyl (C=O) groups excluding carboxylic acids is 2. The molecule has 1 amide bonds. The number of ether oxygens (including phenoxy) is 5. The van der Waals surface area contributed by atoms with Gasteiger partial charge in [-0.25, -0.2) is 0 Å². The minimum Gasteiger partial charge on any atom is -0.462 e. The molecule has 386 valence electrons. The van der Waals surface area contributed by atoms with Crippen LogP contribution in [-0.2, 0) is 33.3 Å². The largest absolute Gasteiger partial charge is 0.462 e. The lowest BCUT2D eigenvalue weighted by Crippen LogP contribution is -2.60. The van der Waals surface area contributed by atoms with Gasteiger partial charge in [0.25, 0.3) is 0 Å². The van der Waals surface area contributed by atoms with E-state index in [2.05, 4.69) is 5.32 Å². The van der Waals surface area contributed by atoms with Crippen molar-refractivity contribution in [1.82, 2.24) is 5.32 Å². The fourth-order valence-corrected chi connectivity index (χ4v) is 8.14. The number of hydrogen-bond donors (Lipinski definition) is 12. The van der Waals surface area contributed by atoms with Gasteiger partial charge in [0.1, 0.15) is 12.2 Å². The molecule has 0 spiro atoms. The number of hydrogen-bond acceptors (Lipinski definition) is 18. The molecule has 13 N–H and O–H groups in total. The van der Waals surface area contributed by atoms with Crippen LogP contribution in [-0.4, -0.2) is 181 Å². The Kier molecular flexibility index (Phi) is 26.2. The summed E-state index contributed by atoms with van der Waals surface area (Å²) in [6, 6.07) is -1.60. The number of nitrogens with two attached hydrogens (primary N) is 1. The number of nitrogens with one attached hydrogen (secondary N) is 1. The van der Waals surface area contributed by atoms with Crippen molar-refractivity contribution in [2.75, 3.05) is 20.3 Å². The second kappa shape index (κ2) is 30.3. The summed E-state index contributed by atoms with van der Waals surface area (Å²) in [4.78, 5) is 26.3. The van der Waals surface area contributed by atoms with Gasteiger partial charge in [0.2, 0.25) is 5.91 Å². The molecule has 2 bridgehead atoms. The first-order valence-corrected chi connectivity index (χ1v) is 23.4. The van der Waals surface area contributed by atoms with Gasteiger partial charge in [0.05, 0.1) is 92.6 Å². The Balaban J connectivity index is 1.91. The normalized spacial score (nSPS) is 42.2. The number of amides is 1. The molecule has 0 aromatic rings. The average molecular weight is 967 g/mol. The fourth-order valence-electron chi connectivity index (χ4n) is 8.14. The lowest BCUT2D eigenvalue weighted by Gasteiger charge is -2.46. The molecule has 2 saturated heterocycles. The second-order valence-corrected chi connectivity index (χ2v) is 18.2. The standard InChI is InChI=1S/C49H78N2O17/c1-30-17-15-13-11-9-7-5-6-8-10-12-14-16-18-36(67-48-46(61)45(50)41(59)29-65-48)25-42-44(47(62)51-31(2)28-64-4)40(58)27-49(63,68-42)26-35(54)23-39(57)37(55)20-19-33(52)22-34(53)24-43(60)66-32(3)21-38(30)56/h5-18,30-42,44-46,48,52-59,61,63H,19-29,50H2,1-4H3,(H,51,62)/b6-5+,9-7+,10-8+,13-11+,14-12+,17-15+,18-16+/t30-,31-,32-,33?,34?,35?,36?,37?,38-,39?,40-,41+,42-,44+,45-,46-,48-,49?/m0/s1. The van der Waals surface area contributed by atoms with E-state index in [1.807, 2.05) is 37.3 Å². The number of carbonyl (C=O) groups is 2. The summed E-state index contributed by atoms with van der Waals surface area (Å²) in [6.07, 6.45) is 5.74. The molecule has 19 nitrogen and oxygen atoms in total. The Bertz CT molecular complexity index is 1710.